The molecular weight excluding hydrogens is 312 g/mol. The molecule has 1 saturated heterocycles. The molecule has 23 heavy (non-hydrogen) atoms. The normalized spacial score (nSPS) is 14.4. The molecule has 0 atom stereocenters. The van der Waals surface area contributed by atoms with Crippen LogP contribution in [0.4, 0.5) is 0 Å². The van der Waals surface area contributed by atoms with Crippen molar-refractivity contribution in [3.05, 3.63) is 29.8 Å². The molecule has 2 amide bonds. The molecule has 5 nitrogen and oxygen atoms in total. The van der Waals surface area contributed by atoms with E-state index >= 15 is 0 Å². The minimum absolute atomic E-state index is 0.0442. The number of methoxy groups -OCH3 is 1. The van der Waals surface area contributed by atoms with E-state index in [4.69, 9.17) is 4.74 Å². The first-order chi connectivity index (χ1) is 11.2. The summed E-state index contributed by atoms with van der Waals surface area (Å²) in [6, 6.07) is 7.58. The zero-order valence-electron chi connectivity index (χ0n) is 13.5. The molecule has 6 heteroatoms. The lowest BCUT2D eigenvalue weighted by Crippen LogP contribution is -2.37. The van der Waals surface area contributed by atoms with Gasteiger partial charge in [-0.05, 0) is 37.0 Å². The van der Waals surface area contributed by atoms with Crippen molar-refractivity contribution >= 4 is 23.6 Å². The monoisotopic (exact) mass is 336 g/mol. The summed E-state index contributed by atoms with van der Waals surface area (Å²) in [6.07, 6.45) is 3.40. The van der Waals surface area contributed by atoms with Crippen LogP contribution in [-0.2, 0) is 16.1 Å². The van der Waals surface area contributed by atoms with Crippen molar-refractivity contribution < 1.29 is 14.3 Å². The lowest BCUT2D eigenvalue weighted by molar-refractivity contribution is -0.129. The molecule has 1 fully saturated rings. The first-order valence-electron chi connectivity index (χ1n) is 7.94. The molecule has 0 spiro atoms. The van der Waals surface area contributed by atoms with E-state index in [-0.39, 0.29) is 11.8 Å². The van der Waals surface area contributed by atoms with Gasteiger partial charge in [-0.15, -0.1) is 11.8 Å². The number of carbonyl (C=O) groups is 2. The highest BCUT2D eigenvalue weighted by molar-refractivity contribution is 8.00. The number of hydrogen-bond acceptors (Lipinski definition) is 4. The van der Waals surface area contributed by atoms with Crippen molar-refractivity contribution in [3.63, 3.8) is 0 Å². The number of nitrogens with one attached hydrogen (secondary N) is 1. The molecule has 0 aliphatic carbocycles. The second-order valence-corrected chi connectivity index (χ2v) is 6.54. The highest BCUT2D eigenvalue weighted by atomic mass is 32.2. The third-order valence-corrected chi connectivity index (χ3v) is 4.73. The molecule has 126 valence electrons. The molecule has 1 aliphatic heterocycles. The minimum atomic E-state index is -0.0442. The van der Waals surface area contributed by atoms with Crippen LogP contribution in [0, 0.1) is 0 Å². The quantitative estimate of drug-likeness (QED) is 0.828. The second kappa shape index (κ2) is 9.45. The maximum atomic E-state index is 12.0. The van der Waals surface area contributed by atoms with Gasteiger partial charge >= 0.3 is 0 Å². The van der Waals surface area contributed by atoms with Crippen molar-refractivity contribution in [2.24, 2.45) is 0 Å². The summed E-state index contributed by atoms with van der Waals surface area (Å²) in [5, 5.41) is 2.86. The second-order valence-electron chi connectivity index (χ2n) is 5.56. The molecule has 0 bridgehead atoms. The van der Waals surface area contributed by atoms with Crippen LogP contribution in [0.2, 0.25) is 0 Å². The van der Waals surface area contributed by atoms with Crippen LogP contribution in [0.15, 0.2) is 24.3 Å². The van der Waals surface area contributed by atoms with Crippen molar-refractivity contribution in [1.82, 2.24) is 10.2 Å². The Labute approximate surface area is 141 Å². The summed E-state index contributed by atoms with van der Waals surface area (Å²) < 4.78 is 5.09. The number of carbonyl (C=O) groups excluding carboxylic acids is 2. The van der Waals surface area contributed by atoms with Gasteiger partial charge in [-0.2, -0.15) is 0 Å². The minimum Gasteiger partial charge on any atom is -0.497 e. The highest BCUT2D eigenvalue weighted by Crippen LogP contribution is 2.12. The molecule has 0 unspecified atom stereocenters. The fourth-order valence-corrected chi connectivity index (χ4v) is 3.21. The van der Waals surface area contributed by atoms with Crippen LogP contribution >= 0.6 is 11.8 Å². The lowest BCUT2D eigenvalue weighted by atomic mass is 10.1. The van der Waals surface area contributed by atoms with Gasteiger partial charge in [0.15, 0.2) is 0 Å². The number of ether oxygens (including phenoxy) is 1. The van der Waals surface area contributed by atoms with Gasteiger partial charge in [-0.1, -0.05) is 12.1 Å². The Morgan fingerprint density at radius 3 is 2.48 bits per heavy atom. The Bertz CT molecular complexity index is 513. The fraction of sp³-hybridized carbons (Fsp3) is 0.529. The molecule has 1 N–H and O–H groups in total. The van der Waals surface area contributed by atoms with Crippen LogP contribution in [-0.4, -0.2) is 48.4 Å². The Morgan fingerprint density at radius 1 is 1.13 bits per heavy atom. The standard InChI is InChI=1S/C17H24N2O3S/c1-22-15-7-5-14(6-8-15)11-18-16(20)12-23-13-17(21)19-9-3-2-4-10-19/h5-8H,2-4,9-13H2,1H3,(H,18,20). The zero-order valence-corrected chi connectivity index (χ0v) is 14.4. The van der Waals surface area contributed by atoms with E-state index in [0.717, 1.165) is 37.2 Å². The molecule has 0 aromatic heterocycles. The van der Waals surface area contributed by atoms with E-state index in [1.54, 1.807) is 7.11 Å². The number of piperidine rings is 1. The Hall–Kier alpha value is -1.69. The van der Waals surface area contributed by atoms with Crippen LogP contribution in [0.1, 0.15) is 24.8 Å². The molecule has 1 aliphatic rings. The van der Waals surface area contributed by atoms with E-state index < -0.39 is 0 Å². The third kappa shape index (κ3) is 6.14. The molecule has 1 aromatic carbocycles. The van der Waals surface area contributed by atoms with Crippen molar-refractivity contribution in [2.75, 3.05) is 31.7 Å². The Balaban J connectivity index is 1.61. The van der Waals surface area contributed by atoms with Crippen LogP contribution in [0.3, 0.4) is 0 Å². The number of amides is 2. The van der Waals surface area contributed by atoms with E-state index in [1.807, 2.05) is 29.2 Å². The Kier molecular flexibility index (Phi) is 7.26. The van der Waals surface area contributed by atoms with Gasteiger partial charge < -0.3 is 15.0 Å². The van der Waals surface area contributed by atoms with Crippen molar-refractivity contribution in [1.29, 1.82) is 0 Å². The topological polar surface area (TPSA) is 58.6 Å². The maximum absolute atomic E-state index is 12.0. The van der Waals surface area contributed by atoms with Crippen LogP contribution in [0.5, 0.6) is 5.75 Å². The van der Waals surface area contributed by atoms with Crippen LogP contribution in [0.25, 0.3) is 0 Å². The van der Waals surface area contributed by atoms with Gasteiger partial charge in [-0.3, -0.25) is 9.59 Å². The molecule has 2 rings (SSSR count). The summed E-state index contributed by atoms with van der Waals surface area (Å²) in [5.74, 6) is 1.60. The third-order valence-electron chi connectivity index (χ3n) is 3.82. The number of hydrogen-bond donors (Lipinski definition) is 1. The number of likely N-dealkylation sites (tertiary alicyclic amines) is 1. The first-order valence-corrected chi connectivity index (χ1v) is 9.09. The van der Waals surface area contributed by atoms with E-state index in [2.05, 4.69) is 5.32 Å². The van der Waals surface area contributed by atoms with Crippen molar-refractivity contribution in [2.45, 2.75) is 25.8 Å². The Morgan fingerprint density at radius 2 is 1.83 bits per heavy atom. The number of benzene rings is 1. The summed E-state index contributed by atoms with van der Waals surface area (Å²) in [5.41, 5.74) is 1.02. The largest absolute Gasteiger partial charge is 0.497 e. The highest BCUT2D eigenvalue weighted by Gasteiger charge is 2.16. The maximum Gasteiger partial charge on any atom is 0.232 e. The smallest absolute Gasteiger partial charge is 0.232 e. The molecule has 0 saturated carbocycles. The van der Waals surface area contributed by atoms with E-state index in [0.29, 0.717) is 18.1 Å². The van der Waals surface area contributed by atoms with Gasteiger partial charge in [0.2, 0.25) is 11.8 Å². The number of nitrogens with zero attached hydrogens (tertiary/aromatic N) is 1. The summed E-state index contributed by atoms with van der Waals surface area (Å²) in [6.45, 7) is 2.22. The van der Waals surface area contributed by atoms with E-state index in [9.17, 15) is 9.59 Å². The van der Waals surface area contributed by atoms with Crippen molar-refractivity contribution in [3.8, 4) is 5.75 Å². The van der Waals surface area contributed by atoms with Gasteiger partial charge in [0, 0.05) is 19.6 Å². The van der Waals surface area contributed by atoms with Crippen LogP contribution < -0.4 is 10.1 Å². The predicted molar refractivity (Wildman–Crippen MR) is 92.6 cm³/mol. The van der Waals surface area contributed by atoms with Gasteiger partial charge in [0.25, 0.3) is 0 Å². The summed E-state index contributed by atoms with van der Waals surface area (Å²) in [7, 11) is 1.62. The number of rotatable bonds is 7. The molecule has 1 heterocycles. The molecule has 0 radical (unpaired) electrons. The number of thioether (sulfide) groups is 1. The fourth-order valence-electron chi connectivity index (χ4n) is 2.46. The van der Waals surface area contributed by atoms with Gasteiger partial charge in [-0.25, -0.2) is 0 Å². The average molecular weight is 336 g/mol. The SMILES string of the molecule is COc1ccc(CNC(=O)CSCC(=O)N2CCCCC2)cc1. The summed E-state index contributed by atoms with van der Waals surface area (Å²) >= 11 is 1.38. The van der Waals surface area contributed by atoms with Gasteiger partial charge in [0.05, 0.1) is 18.6 Å². The van der Waals surface area contributed by atoms with Gasteiger partial charge in [0.1, 0.15) is 5.75 Å². The van der Waals surface area contributed by atoms with E-state index in [1.165, 1.54) is 18.2 Å². The predicted octanol–water partition coefficient (Wildman–Crippen LogP) is 2.06. The molecular formula is C17H24N2O3S. The molecule has 1 aromatic rings. The average Bonchev–Trinajstić information content (AvgIpc) is 2.61. The zero-order chi connectivity index (χ0) is 16.5. The first kappa shape index (κ1) is 17.7. The lowest BCUT2D eigenvalue weighted by Gasteiger charge is -2.26. The summed E-state index contributed by atoms with van der Waals surface area (Å²) in [4.78, 5) is 25.7.